The van der Waals surface area contributed by atoms with Crippen LogP contribution in [0.3, 0.4) is 0 Å². The summed E-state index contributed by atoms with van der Waals surface area (Å²) in [4.78, 5) is 0. The Morgan fingerprint density at radius 3 is 2.68 bits per heavy atom. The van der Waals surface area contributed by atoms with Crippen LogP contribution in [-0.4, -0.2) is 26.3 Å². The van der Waals surface area contributed by atoms with Crippen molar-refractivity contribution in [1.29, 1.82) is 0 Å². The normalized spacial score (nSPS) is 12.7. The van der Waals surface area contributed by atoms with Crippen molar-refractivity contribution >= 4 is 0 Å². The summed E-state index contributed by atoms with van der Waals surface area (Å²) in [6.07, 6.45) is 1.15. The second-order valence-corrected chi connectivity index (χ2v) is 5.20. The average Bonchev–Trinajstić information content (AvgIpc) is 2.39. The van der Waals surface area contributed by atoms with Gasteiger partial charge in [0.2, 0.25) is 0 Å². The molecular formula is C16H27NO2. The molecule has 0 spiro atoms. The first-order valence-corrected chi connectivity index (χ1v) is 7.11. The Labute approximate surface area is 117 Å². The van der Waals surface area contributed by atoms with Gasteiger partial charge in [-0.3, -0.25) is 0 Å². The molecule has 3 heteroatoms. The molecule has 0 aliphatic carbocycles. The zero-order chi connectivity index (χ0) is 14.1. The van der Waals surface area contributed by atoms with Crippen molar-refractivity contribution in [2.45, 2.75) is 39.8 Å². The van der Waals surface area contributed by atoms with Gasteiger partial charge < -0.3 is 14.8 Å². The quantitative estimate of drug-likeness (QED) is 0.743. The fourth-order valence-electron chi connectivity index (χ4n) is 1.89. The van der Waals surface area contributed by atoms with E-state index in [0.717, 1.165) is 24.3 Å². The summed E-state index contributed by atoms with van der Waals surface area (Å²) < 4.78 is 11.0. The third kappa shape index (κ3) is 6.08. The van der Waals surface area contributed by atoms with Crippen LogP contribution in [0.25, 0.3) is 0 Å². The fraction of sp³-hybridized carbons (Fsp3) is 0.625. The second-order valence-electron chi connectivity index (χ2n) is 5.20. The second kappa shape index (κ2) is 8.94. The number of nitrogens with one attached hydrogen (secondary N) is 1. The zero-order valence-electron chi connectivity index (χ0n) is 12.6. The molecule has 0 saturated carbocycles. The van der Waals surface area contributed by atoms with Gasteiger partial charge in [-0.05, 0) is 36.6 Å². The van der Waals surface area contributed by atoms with Crippen LogP contribution < -0.4 is 10.1 Å². The van der Waals surface area contributed by atoms with Crippen molar-refractivity contribution in [3.8, 4) is 5.75 Å². The topological polar surface area (TPSA) is 30.5 Å². The number of methoxy groups -OCH3 is 1. The van der Waals surface area contributed by atoms with E-state index in [1.807, 2.05) is 24.3 Å². The Kier molecular flexibility index (Phi) is 7.53. The van der Waals surface area contributed by atoms with E-state index < -0.39 is 0 Å². The zero-order valence-corrected chi connectivity index (χ0v) is 12.6. The van der Waals surface area contributed by atoms with Gasteiger partial charge in [0, 0.05) is 13.2 Å². The van der Waals surface area contributed by atoms with Crippen molar-refractivity contribution < 1.29 is 9.47 Å². The molecule has 0 heterocycles. The van der Waals surface area contributed by atoms with Gasteiger partial charge in [0.05, 0.1) is 6.61 Å². The van der Waals surface area contributed by atoms with E-state index in [1.54, 1.807) is 7.11 Å². The highest BCUT2D eigenvalue weighted by Gasteiger charge is 2.13. The van der Waals surface area contributed by atoms with Crippen LogP contribution >= 0.6 is 0 Å². The van der Waals surface area contributed by atoms with Gasteiger partial charge >= 0.3 is 0 Å². The number of benzene rings is 1. The third-order valence-corrected chi connectivity index (χ3v) is 3.10. The maximum absolute atomic E-state index is 5.90. The summed E-state index contributed by atoms with van der Waals surface area (Å²) in [7, 11) is 1.71. The van der Waals surface area contributed by atoms with Crippen LogP contribution in [0, 0.1) is 5.92 Å². The van der Waals surface area contributed by atoms with Crippen LogP contribution in [-0.2, 0) is 11.3 Å². The van der Waals surface area contributed by atoms with Crippen LogP contribution in [0.15, 0.2) is 24.3 Å². The third-order valence-electron chi connectivity index (χ3n) is 3.10. The molecule has 0 fully saturated rings. The smallest absolute Gasteiger partial charge is 0.119 e. The molecule has 1 N–H and O–H groups in total. The lowest BCUT2D eigenvalue weighted by Gasteiger charge is -2.22. The Hall–Kier alpha value is -1.06. The SMILES string of the molecule is CCCNC(COc1cccc(COC)c1)C(C)C. The van der Waals surface area contributed by atoms with Gasteiger partial charge in [0.15, 0.2) is 0 Å². The highest BCUT2D eigenvalue weighted by molar-refractivity contribution is 5.28. The van der Waals surface area contributed by atoms with Crippen molar-refractivity contribution in [1.82, 2.24) is 5.32 Å². The molecule has 0 bridgehead atoms. The molecular weight excluding hydrogens is 238 g/mol. The summed E-state index contributed by atoms with van der Waals surface area (Å²) in [6, 6.07) is 8.49. The Morgan fingerprint density at radius 2 is 2.05 bits per heavy atom. The Balaban J connectivity index is 2.50. The van der Waals surface area contributed by atoms with Gasteiger partial charge in [0.1, 0.15) is 12.4 Å². The van der Waals surface area contributed by atoms with Crippen LogP contribution in [0.4, 0.5) is 0 Å². The van der Waals surface area contributed by atoms with Gasteiger partial charge in [0.25, 0.3) is 0 Å². The predicted octanol–water partition coefficient (Wildman–Crippen LogP) is 3.24. The van der Waals surface area contributed by atoms with Gasteiger partial charge in [-0.2, -0.15) is 0 Å². The monoisotopic (exact) mass is 265 g/mol. The van der Waals surface area contributed by atoms with E-state index >= 15 is 0 Å². The summed E-state index contributed by atoms with van der Waals surface area (Å²) >= 11 is 0. The Bertz CT molecular complexity index is 352. The number of ether oxygens (including phenoxy) is 2. The molecule has 0 aliphatic rings. The standard InChI is InChI=1S/C16H27NO2/c1-5-9-17-16(13(2)3)12-19-15-8-6-7-14(10-15)11-18-4/h6-8,10,13,16-17H,5,9,11-12H2,1-4H3. The van der Waals surface area contributed by atoms with Crippen LogP contribution in [0.5, 0.6) is 5.75 Å². The van der Waals surface area contributed by atoms with E-state index in [-0.39, 0.29) is 0 Å². The minimum Gasteiger partial charge on any atom is -0.492 e. The predicted molar refractivity (Wildman–Crippen MR) is 79.6 cm³/mol. The van der Waals surface area contributed by atoms with Gasteiger partial charge in [-0.15, -0.1) is 0 Å². The van der Waals surface area contributed by atoms with E-state index in [1.165, 1.54) is 0 Å². The highest BCUT2D eigenvalue weighted by Crippen LogP contribution is 2.15. The highest BCUT2D eigenvalue weighted by atomic mass is 16.5. The molecule has 0 radical (unpaired) electrons. The minimum absolute atomic E-state index is 0.394. The molecule has 0 amide bonds. The number of rotatable bonds is 9. The molecule has 1 unspecified atom stereocenters. The van der Waals surface area contributed by atoms with Crippen molar-refractivity contribution in [2.75, 3.05) is 20.3 Å². The Morgan fingerprint density at radius 1 is 1.26 bits per heavy atom. The lowest BCUT2D eigenvalue weighted by Crippen LogP contribution is -2.39. The minimum atomic E-state index is 0.394. The maximum Gasteiger partial charge on any atom is 0.119 e. The van der Waals surface area contributed by atoms with E-state index in [4.69, 9.17) is 9.47 Å². The van der Waals surface area contributed by atoms with Gasteiger partial charge in [-0.1, -0.05) is 32.9 Å². The van der Waals surface area contributed by atoms with Gasteiger partial charge in [-0.25, -0.2) is 0 Å². The molecule has 1 aromatic rings. The molecule has 1 aromatic carbocycles. The van der Waals surface area contributed by atoms with E-state index in [9.17, 15) is 0 Å². The van der Waals surface area contributed by atoms with Crippen molar-refractivity contribution in [3.63, 3.8) is 0 Å². The van der Waals surface area contributed by atoms with Crippen LogP contribution in [0.2, 0.25) is 0 Å². The molecule has 1 atom stereocenters. The average molecular weight is 265 g/mol. The molecule has 0 aromatic heterocycles. The lowest BCUT2D eigenvalue weighted by atomic mass is 10.1. The van der Waals surface area contributed by atoms with E-state index in [2.05, 4.69) is 26.1 Å². The number of hydrogen-bond acceptors (Lipinski definition) is 3. The first kappa shape index (κ1) is 16.0. The molecule has 0 aliphatic heterocycles. The summed E-state index contributed by atoms with van der Waals surface area (Å²) in [5, 5.41) is 3.53. The summed E-state index contributed by atoms with van der Waals surface area (Å²) in [6.45, 7) is 8.98. The molecule has 1 rings (SSSR count). The summed E-state index contributed by atoms with van der Waals surface area (Å²) in [5.74, 6) is 1.48. The first-order chi connectivity index (χ1) is 9.17. The molecule has 0 saturated heterocycles. The van der Waals surface area contributed by atoms with Crippen molar-refractivity contribution in [2.24, 2.45) is 5.92 Å². The first-order valence-electron chi connectivity index (χ1n) is 7.11. The molecule has 3 nitrogen and oxygen atoms in total. The summed E-state index contributed by atoms with van der Waals surface area (Å²) in [5.41, 5.74) is 1.14. The number of hydrogen-bond donors (Lipinski definition) is 1. The molecule has 19 heavy (non-hydrogen) atoms. The van der Waals surface area contributed by atoms with Crippen LogP contribution in [0.1, 0.15) is 32.8 Å². The van der Waals surface area contributed by atoms with E-state index in [0.29, 0.717) is 25.2 Å². The fourth-order valence-corrected chi connectivity index (χ4v) is 1.89. The molecule has 108 valence electrons. The largest absolute Gasteiger partial charge is 0.492 e. The maximum atomic E-state index is 5.90. The van der Waals surface area contributed by atoms with Crippen molar-refractivity contribution in [3.05, 3.63) is 29.8 Å². The lowest BCUT2D eigenvalue weighted by molar-refractivity contribution is 0.184.